The molecule has 0 atom stereocenters. The van der Waals surface area contributed by atoms with Crippen LogP contribution in [0.3, 0.4) is 0 Å². The van der Waals surface area contributed by atoms with E-state index in [0.717, 1.165) is 11.1 Å². The first kappa shape index (κ1) is 16.6. The predicted molar refractivity (Wildman–Crippen MR) is 97.0 cm³/mol. The molecule has 0 bridgehead atoms. The number of benzene rings is 2. The molecule has 0 saturated carbocycles. The molecule has 0 aliphatic heterocycles. The Hall–Kier alpha value is -3.21. The summed E-state index contributed by atoms with van der Waals surface area (Å²) in [6, 6.07) is 20.6. The van der Waals surface area contributed by atoms with Gasteiger partial charge in [0.25, 0.3) is 5.56 Å². The molecular formula is C20H19N3O2. The van der Waals surface area contributed by atoms with Crippen LogP contribution in [0, 0.1) is 6.92 Å². The average Bonchev–Trinajstić information content (AvgIpc) is 2.64. The van der Waals surface area contributed by atoms with Gasteiger partial charge in [0.1, 0.15) is 6.54 Å². The Kier molecular flexibility index (Phi) is 5.04. The highest BCUT2D eigenvalue weighted by atomic mass is 16.2. The number of nitrogens with one attached hydrogen (secondary N) is 1. The van der Waals surface area contributed by atoms with Gasteiger partial charge in [-0.2, -0.15) is 5.10 Å². The summed E-state index contributed by atoms with van der Waals surface area (Å²) in [4.78, 5) is 24.1. The van der Waals surface area contributed by atoms with E-state index in [1.165, 1.54) is 16.3 Å². The fourth-order valence-electron chi connectivity index (χ4n) is 2.42. The van der Waals surface area contributed by atoms with Crippen molar-refractivity contribution in [3.8, 4) is 11.3 Å². The lowest BCUT2D eigenvalue weighted by molar-refractivity contribution is -0.122. The molecule has 3 aromatic rings. The van der Waals surface area contributed by atoms with Gasteiger partial charge in [0.2, 0.25) is 5.91 Å². The highest BCUT2D eigenvalue weighted by molar-refractivity contribution is 5.75. The SMILES string of the molecule is Cc1ccc(CNC(=O)Cn2nc(-c3ccccc3)ccc2=O)cc1. The molecule has 5 nitrogen and oxygen atoms in total. The monoisotopic (exact) mass is 333 g/mol. The third-order valence-electron chi connectivity index (χ3n) is 3.84. The molecule has 5 heteroatoms. The van der Waals surface area contributed by atoms with Crippen molar-refractivity contribution in [1.29, 1.82) is 0 Å². The molecule has 0 unspecified atom stereocenters. The van der Waals surface area contributed by atoms with E-state index in [4.69, 9.17) is 0 Å². The molecule has 0 radical (unpaired) electrons. The maximum Gasteiger partial charge on any atom is 0.267 e. The largest absolute Gasteiger partial charge is 0.350 e. The lowest BCUT2D eigenvalue weighted by Gasteiger charge is -2.08. The van der Waals surface area contributed by atoms with Gasteiger partial charge in [0, 0.05) is 18.2 Å². The second kappa shape index (κ2) is 7.57. The van der Waals surface area contributed by atoms with E-state index < -0.39 is 0 Å². The Balaban J connectivity index is 1.68. The minimum atomic E-state index is -0.301. The third kappa shape index (κ3) is 4.41. The van der Waals surface area contributed by atoms with Crippen LogP contribution in [0.15, 0.2) is 71.5 Å². The smallest absolute Gasteiger partial charge is 0.267 e. The molecule has 1 amide bonds. The summed E-state index contributed by atoms with van der Waals surface area (Å²) in [5.41, 5.74) is 3.44. The lowest BCUT2D eigenvalue weighted by Crippen LogP contribution is -2.33. The molecule has 1 N–H and O–H groups in total. The van der Waals surface area contributed by atoms with Crippen LogP contribution in [-0.2, 0) is 17.9 Å². The van der Waals surface area contributed by atoms with Gasteiger partial charge in [-0.05, 0) is 18.6 Å². The average molecular weight is 333 g/mol. The van der Waals surface area contributed by atoms with Gasteiger partial charge < -0.3 is 5.32 Å². The number of rotatable bonds is 5. The van der Waals surface area contributed by atoms with E-state index in [-0.39, 0.29) is 18.0 Å². The van der Waals surface area contributed by atoms with E-state index in [0.29, 0.717) is 12.2 Å². The van der Waals surface area contributed by atoms with Crippen molar-refractivity contribution in [3.05, 3.63) is 88.2 Å². The maximum atomic E-state index is 12.1. The number of carbonyl (C=O) groups is 1. The number of aryl methyl sites for hydroxylation is 1. The van der Waals surface area contributed by atoms with Crippen molar-refractivity contribution in [2.45, 2.75) is 20.0 Å². The van der Waals surface area contributed by atoms with Crippen molar-refractivity contribution in [2.24, 2.45) is 0 Å². The standard InChI is InChI=1S/C20H19N3O2/c1-15-7-9-16(10-8-15)13-21-19(24)14-23-20(25)12-11-18(22-23)17-5-3-2-4-6-17/h2-12H,13-14H2,1H3,(H,21,24). The Morgan fingerprint density at radius 2 is 1.72 bits per heavy atom. The molecule has 126 valence electrons. The van der Waals surface area contributed by atoms with Crippen LogP contribution in [0.25, 0.3) is 11.3 Å². The lowest BCUT2D eigenvalue weighted by atomic mass is 10.1. The maximum absolute atomic E-state index is 12.1. The van der Waals surface area contributed by atoms with Gasteiger partial charge in [0.05, 0.1) is 5.69 Å². The number of hydrogen-bond donors (Lipinski definition) is 1. The van der Waals surface area contributed by atoms with E-state index in [9.17, 15) is 9.59 Å². The number of aromatic nitrogens is 2. The molecule has 3 rings (SSSR count). The van der Waals surface area contributed by atoms with E-state index in [1.54, 1.807) is 6.07 Å². The summed E-state index contributed by atoms with van der Waals surface area (Å²) in [6.45, 7) is 2.33. The van der Waals surface area contributed by atoms with Gasteiger partial charge in [-0.25, -0.2) is 4.68 Å². The fraction of sp³-hybridized carbons (Fsp3) is 0.150. The van der Waals surface area contributed by atoms with Crippen LogP contribution in [-0.4, -0.2) is 15.7 Å². The van der Waals surface area contributed by atoms with Gasteiger partial charge >= 0.3 is 0 Å². The van der Waals surface area contributed by atoms with Crippen molar-refractivity contribution in [1.82, 2.24) is 15.1 Å². The number of nitrogens with zero attached hydrogens (tertiary/aromatic N) is 2. The molecule has 1 aromatic heterocycles. The molecular weight excluding hydrogens is 314 g/mol. The van der Waals surface area contributed by atoms with Crippen molar-refractivity contribution in [2.75, 3.05) is 0 Å². The van der Waals surface area contributed by atoms with E-state index in [1.807, 2.05) is 61.5 Å². The topological polar surface area (TPSA) is 64.0 Å². The molecule has 2 aromatic carbocycles. The second-order valence-corrected chi connectivity index (χ2v) is 5.84. The summed E-state index contributed by atoms with van der Waals surface area (Å²) < 4.78 is 1.19. The highest BCUT2D eigenvalue weighted by Gasteiger charge is 2.08. The first-order valence-corrected chi connectivity index (χ1v) is 8.08. The zero-order valence-electron chi connectivity index (χ0n) is 14.0. The van der Waals surface area contributed by atoms with Crippen LogP contribution >= 0.6 is 0 Å². The molecule has 0 spiro atoms. The number of carbonyl (C=O) groups excluding carboxylic acids is 1. The summed E-state index contributed by atoms with van der Waals surface area (Å²) >= 11 is 0. The van der Waals surface area contributed by atoms with Gasteiger partial charge in [-0.15, -0.1) is 0 Å². The number of amides is 1. The Morgan fingerprint density at radius 3 is 2.44 bits per heavy atom. The first-order valence-electron chi connectivity index (χ1n) is 8.08. The molecule has 0 fully saturated rings. The predicted octanol–water partition coefficient (Wildman–Crippen LogP) is 2.54. The molecule has 0 aliphatic rings. The van der Waals surface area contributed by atoms with Crippen LogP contribution in [0.2, 0.25) is 0 Å². The zero-order chi connectivity index (χ0) is 17.6. The van der Waals surface area contributed by atoms with Crippen LogP contribution in [0.5, 0.6) is 0 Å². The first-order chi connectivity index (χ1) is 12.1. The van der Waals surface area contributed by atoms with Crippen LogP contribution in [0.1, 0.15) is 11.1 Å². The minimum Gasteiger partial charge on any atom is -0.350 e. The zero-order valence-corrected chi connectivity index (χ0v) is 14.0. The van der Waals surface area contributed by atoms with Gasteiger partial charge in [-0.3, -0.25) is 9.59 Å². The molecule has 0 saturated heterocycles. The summed E-state index contributed by atoms with van der Waals surface area (Å²) in [6.07, 6.45) is 0. The third-order valence-corrected chi connectivity index (χ3v) is 3.84. The van der Waals surface area contributed by atoms with Crippen molar-refractivity contribution in [3.63, 3.8) is 0 Å². The van der Waals surface area contributed by atoms with Crippen molar-refractivity contribution < 1.29 is 4.79 Å². The molecule has 1 heterocycles. The van der Waals surface area contributed by atoms with Crippen molar-refractivity contribution >= 4 is 5.91 Å². The van der Waals surface area contributed by atoms with Crippen LogP contribution < -0.4 is 10.9 Å². The van der Waals surface area contributed by atoms with Gasteiger partial charge in [0.15, 0.2) is 0 Å². The second-order valence-electron chi connectivity index (χ2n) is 5.84. The van der Waals surface area contributed by atoms with Crippen LogP contribution in [0.4, 0.5) is 0 Å². The Labute approximate surface area is 145 Å². The van der Waals surface area contributed by atoms with E-state index >= 15 is 0 Å². The summed E-state index contributed by atoms with van der Waals surface area (Å²) in [5.74, 6) is -0.250. The quantitative estimate of drug-likeness (QED) is 0.780. The molecule has 25 heavy (non-hydrogen) atoms. The van der Waals surface area contributed by atoms with E-state index in [2.05, 4.69) is 10.4 Å². The fourth-order valence-corrected chi connectivity index (χ4v) is 2.42. The molecule has 0 aliphatic carbocycles. The van der Waals surface area contributed by atoms with Gasteiger partial charge in [-0.1, -0.05) is 60.2 Å². The number of hydrogen-bond acceptors (Lipinski definition) is 3. The summed E-state index contributed by atoms with van der Waals surface area (Å²) in [7, 11) is 0. The normalized spacial score (nSPS) is 10.4. The Bertz CT molecular complexity index is 916. The summed E-state index contributed by atoms with van der Waals surface area (Å²) in [5, 5.41) is 7.11. The Morgan fingerprint density at radius 1 is 1.00 bits per heavy atom. The minimum absolute atomic E-state index is 0.106. The highest BCUT2D eigenvalue weighted by Crippen LogP contribution is 2.13.